The molecule has 3 rings (SSSR count). The summed E-state index contributed by atoms with van der Waals surface area (Å²) in [6, 6.07) is 12.2. The lowest BCUT2D eigenvalue weighted by atomic mass is 10.1. The average Bonchev–Trinajstić information content (AvgIpc) is 3.14. The number of carbonyl (C=O) groups is 1. The second-order valence-corrected chi connectivity index (χ2v) is 8.24. The number of amides is 1. The predicted molar refractivity (Wildman–Crippen MR) is 115 cm³/mol. The number of aromatic nitrogens is 3. The molecule has 0 saturated heterocycles. The molecule has 1 aromatic heterocycles. The molecule has 3 aromatic rings. The minimum Gasteiger partial charge on any atom is -0.349 e. The highest BCUT2D eigenvalue weighted by Crippen LogP contribution is 2.26. The minimum absolute atomic E-state index is 0.0240. The van der Waals surface area contributed by atoms with Gasteiger partial charge in [0.2, 0.25) is 5.91 Å². The Kier molecular flexibility index (Phi) is 7.35. The summed E-state index contributed by atoms with van der Waals surface area (Å²) in [5.74, 6) is 0.878. The second kappa shape index (κ2) is 10.2. The molecule has 10 heteroatoms. The fourth-order valence-corrected chi connectivity index (χ4v) is 3.77. The summed E-state index contributed by atoms with van der Waals surface area (Å²) >= 11 is 1.40. The highest BCUT2D eigenvalue weighted by Gasteiger charge is 2.17. The first-order chi connectivity index (χ1) is 14.8. The quantitative estimate of drug-likeness (QED) is 0.301. The number of carbonyl (C=O) groups excluding carboxylic acids is 1. The van der Waals surface area contributed by atoms with Crippen LogP contribution >= 0.6 is 11.8 Å². The number of rotatable bonds is 9. The van der Waals surface area contributed by atoms with Gasteiger partial charge in [-0.15, -0.1) is 10.2 Å². The van der Waals surface area contributed by atoms with Crippen LogP contribution < -0.4 is 5.32 Å². The SMILES string of the molecule is CC(C)CC(=O)NCc1nnc(SCc2ccc(F)cc2)n1-c1ccc([N+](=O)[O-])cc1. The number of hydrogen-bond acceptors (Lipinski definition) is 6. The van der Waals surface area contributed by atoms with E-state index in [4.69, 9.17) is 0 Å². The third-order valence-corrected chi connectivity index (χ3v) is 5.34. The molecule has 0 aliphatic carbocycles. The molecule has 2 aromatic carbocycles. The second-order valence-electron chi connectivity index (χ2n) is 7.30. The molecule has 1 heterocycles. The van der Waals surface area contributed by atoms with E-state index in [0.717, 1.165) is 5.56 Å². The number of benzene rings is 2. The van der Waals surface area contributed by atoms with Gasteiger partial charge in [-0.3, -0.25) is 19.5 Å². The zero-order chi connectivity index (χ0) is 22.4. The van der Waals surface area contributed by atoms with E-state index in [2.05, 4.69) is 15.5 Å². The smallest absolute Gasteiger partial charge is 0.269 e. The molecule has 0 radical (unpaired) electrons. The number of halogens is 1. The van der Waals surface area contributed by atoms with Gasteiger partial charge in [0.15, 0.2) is 11.0 Å². The summed E-state index contributed by atoms with van der Waals surface area (Å²) < 4.78 is 14.9. The van der Waals surface area contributed by atoms with E-state index >= 15 is 0 Å². The molecule has 31 heavy (non-hydrogen) atoms. The number of nitrogens with one attached hydrogen (secondary N) is 1. The van der Waals surface area contributed by atoms with Crippen molar-refractivity contribution >= 4 is 23.4 Å². The molecule has 1 amide bonds. The van der Waals surface area contributed by atoms with Crippen LogP contribution in [0, 0.1) is 21.8 Å². The van der Waals surface area contributed by atoms with Gasteiger partial charge in [-0.2, -0.15) is 0 Å². The maximum Gasteiger partial charge on any atom is 0.269 e. The average molecular weight is 444 g/mol. The third kappa shape index (κ3) is 6.11. The fraction of sp³-hybridized carbons (Fsp3) is 0.286. The molecular weight excluding hydrogens is 421 g/mol. The van der Waals surface area contributed by atoms with E-state index in [1.54, 1.807) is 28.8 Å². The van der Waals surface area contributed by atoms with Crippen molar-refractivity contribution in [2.75, 3.05) is 0 Å². The summed E-state index contributed by atoms with van der Waals surface area (Å²) in [5, 5.41) is 22.8. The number of nitro groups is 1. The molecule has 0 aliphatic heterocycles. The van der Waals surface area contributed by atoms with Gasteiger partial charge in [0.1, 0.15) is 5.82 Å². The Morgan fingerprint density at radius 3 is 2.45 bits per heavy atom. The highest BCUT2D eigenvalue weighted by molar-refractivity contribution is 7.98. The Morgan fingerprint density at radius 2 is 1.84 bits per heavy atom. The number of nitrogens with zero attached hydrogens (tertiary/aromatic N) is 4. The van der Waals surface area contributed by atoms with E-state index in [-0.39, 0.29) is 29.9 Å². The van der Waals surface area contributed by atoms with Gasteiger partial charge in [0, 0.05) is 30.0 Å². The summed E-state index contributed by atoms with van der Waals surface area (Å²) in [4.78, 5) is 22.6. The monoisotopic (exact) mass is 443 g/mol. The van der Waals surface area contributed by atoms with Crippen molar-refractivity contribution in [2.24, 2.45) is 5.92 Å². The normalized spacial score (nSPS) is 11.0. The van der Waals surface area contributed by atoms with E-state index < -0.39 is 4.92 Å². The van der Waals surface area contributed by atoms with Crippen LogP contribution in [0.5, 0.6) is 0 Å². The van der Waals surface area contributed by atoms with Gasteiger partial charge >= 0.3 is 0 Å². The van der Waals surface area contributed by atoms with Crippen molar-refractivity contribution in [3.05, 3.63) is 75.9 Å². The molecule has 0 aliphatic rings. The van der Waals surface area contributed by atoms with Crippen LogP contribution in [0.15, 0.2) is 53.7 Å². The van der Waals surface area contributed by atoms with Crippen LogP contribution in [0.3, 0.4) is 0 Å². The molecule has 0 bridgehead atoms. The molecule has 0 saturated carbocycles. The van der Waals surface area contributed by atoms with Gasteiger partial charge in [0.25, 0.3) is 5.69 Å². The topological polar surface area (TPSA) is 103 Å². The maximum absolute atomic E-state index is 13.1. The molecule has 0 unspecified atom stereocenters. The third-order valence-electron chi connectivity index (χ3n) is 4.34. The van der Waals surface area contributed by atoms with Crippen LogP contribution in [0.2, 0.25) is 0 Å². The number of hydrogen-bond donors (Lipinski definition) is 1. The van der Waals surface area contributed by atoms with Gasteiger partial charge in [0.05, 0.1) is 11.5 Å². The Hall–Kier alpha value is -3.27. The van der Waals surface area contributed by atoms with E-state index in [9.17, 15) is 19.3 Å². The van der Waals surface area contributed by atoms with Crippen molar-refractivity contribution in [2.45, 2.75) is 37.7 Å². The first-order valence-electron chi connectivity index (χ1n) is 9.66. The van der Waals surface area contributed by atoms with E-state index in [1.165, 1.54) is 36.0 Å². The summed E-state index contributed by atoms with van der Waals surface area (Å²) in [6.45, 7) is 4.10. The lowest BCUT2D eigenvalue weighted by molar-refractivity contribution is -0.384. The first kappa shape index (κ1) is 22.4. The van der Waals surface area contributed by atoms with Crippen LogP contribution in [-0.2, 0) is 17.1 Å². The van der Waals surface area contributed by atoms with Crippen LogP contribution in [0.4, 0.5) is 10.1 Å². The molecule has 0 atom stereocenters. The molecular formula is C21H22FN5O3S. The zero-order valence-corrected chi connectivity index (χ0v) is 17.9. The summed E-state index contributed by atoms with van der Waals surface area (Å²) in [5.41, 5.74) is 1.53. The Morgan fingerprint density at radius 1 is 1.16 bits per heavy atom. The maximum atomic E-state index is 13.1. The molecule has 1 N–H and O–H groups in total. The Labute approximate surface area is 183 Å². The first-order valence-corrected chi connectivity index (χ1v) is 10.6. The van der Waals surface area contributed by atoms with Crippen molar-refractivity contribution in [1.82, 2.24) is 20.1 Å². The Balaban J connectivity index is 1.85. The highest BCUT2D eigenvalue weighted by atomic mass is 32.2. The molecule has 8 nitrogen and oxygen atoms in total. The van der Waals surface area contributed by atoms with Gasteiger partial charge in [-0.25, -0.2) is 4.39 Å². The molecule has 162 valence electrons. The van der Waals surface area contributed by atoms with Crippen LogP contribution in [0.25, 0.3) is 5.69 Å². The van der Waals surface area contributed by atoms with Crippen molar-refractivity contribution in [3.8, 4) is 5.69 Å². The number of nitro benzene ring substituents is 1. The van der Waals surface area contributed by atoms with Crippen molar-refractivity contribution in [3.63, 3.8) is 0 Å². The molecule has 0 fully saturated rings. The van der Waals surface area contributed by atoms with Gasteiger partial charge in [-0.1, -0.05) is 37.7 Å². The van der Waals surface area contributed by atoms with E-state index in [0.29, 0.717) is 28.8 Å². The summed E-state index contributed by atoms with van der Waals surface area (Å²) in [6.07, 6.45) is 0.401. The van der Waals surface area contributed by atoms with Crippen LogP contribution in [-0.4, -0.2) is 25.6 Å². The molecule has 0 spiro atoms. The van der Waals surface area contributed by atoms with Crippen molar-refractivity contribution < 1.29 is 14.1 Å². The van der Waals surface area contributed by atoms with Gasteiger partial charge in [-0.05, 0) is 35.7 Å². The standard InChI is InChI=1S/C21H22FN5O3S/c1-14(2)11-20(28)23-12-19-24-25-21(31-13-15-3-5-16(22)6-4-15)26(19)17-7-9-18(10-8-17)27(29)30/h3-10,14H,11-13H2,1-2H3,(H,23,28). The Bertz CT molecular complexity index is 1050. The number of thioether (sulfide) groups is 1. The lowest BCUT2D eigenvalue weighted by Crippen LogP contribution is -2.25. The largest absolute Gasteiger partial charge is 0.349 e. The summed E-state index contributed by atoms with van der Waals surface area (Å²) in [7, 11) is 0. The van der Waals surface area contributed by atoms with Crippen molar-refractivity contribution in [1.29, 1.82) is 0 Å². The van der Waals surface area contributed by atoms with Crippen LogP contribution in [0.1, 0.15) is 31.7 Å². The zero-order valence-electron chi connectivity index (χ0n) is 17.1. The number of non-ortho nitro benzene ring substituents is 1. The van der Waals surface area contributed by atoms with Gasteiger partial charge < -0.3 is 5.32 Å². The predicted octanol–water partition coefficient (Wildman–Crippen LogP) is 4.27. The van der Waals surface area contributed by atoms with E-state index in [1.807, 2.05) is 13.8 Å². The lowest BCUT2D eigenvalue weighted by Gasteiger charge is -2.11. The fourth-order valence-electron chi connectivity index (χ4n) is 2.84. The minimum atomic E-state index is -0.465.